The van der Waals surface area contributed by atoms with Crippen molar-refractivity contribution in [2.24, 2.45) is 0 Å². The van der Waals surface area contributed by atoms with E-state index in [-0.39, 0.29) is 12.0 Å². The normalized spacial score (nSPS) is 16.3. The lowest BCUT2D eigenvalue weighted by atomic mass is 10.4. The predicted octanol–water partition coefficient (Wildman–Crippen LogP) is -0.372. The second kappa shape index (κ2) is 3.71. The van der Waals surface area contributed by atoms with Crippen LogP contribution in [0.1, 0.15) is 6.92 Å². The van der Waals surface area contributed by atoms with E-state index >= 15 is 0 Å². The van der Waals surface area contributed by atoms with Gasteiger partial charge in [-0.1, -0.05) is 0 Å². The second-order valence-electron chi connectivity index (χ2n) is 1.44. The van der Waals surface area contributed by atoms with Crippen LogP contribution in [0.5, 0.6) is 0 Å². The highest BCUT2D eigenvalue weighted by Crippen LogP contribution is 2.27. The predicted molar refractivity (Wildman–Crippen MR) is 26.9 cm³/mol. The Balaban J connectivity index is 3.75. The first-order chi connectivity index (χ1) is 4.50. The van der Waals surface area contributed by atoms with Crippen molar-refractivity contribution in [1.82, 2.24) is 0 Å². The summed E-state index contributed by atoms with van der Waals surface area (Å²) in [5.41, 5.74) is 0. The Morgan fingerprint density at radius 3 is 2.70 bits per heavy atom. The monoisotopic (exact) mass is 171 g/mol. The van der Waals surface area contributed by atoms with Crippen molar-refractivity contribution in [2.45, 2.75) is 11.9 Å². The zero-order valence-electron chi connectivity index (χ0n) is 4.87. The van der Waals surface area contributed by atoms with Gasteiger partial charge in [-0.2, -0.15) is 4.33 Å². The van der Waals surface area contributed by atoms with E-state index in [1.54, 1.807) is 0 Å². The van der Waals surface area contributed by atoms with Crippen molar-refractivity contribution < 1.29 is 28.9 Å². The lowest BCUT2D eigenvalue weighted by molar-refractivity contribution is -0.777. The molecule has 1 unspecified atom stereocenters. The van der Waals surface area contributed by atoms with Crippen LogP contribution in [0, 0.1) is 0 Å². The van der Waals surface area contributed by atoms with Crippen molar-refractivity contribution in [2.75, 3.05) is 0 Å². The van der Waals surface area contributed by atoms with Gasteiger partial charge < -0.3 is 10.4 Å². The SMILES string of the molecule is CC(F)(SOO[O-])C(=O)O. The van der Waals surface area contributed by atoms with Gasteiger partial charge in [0, 0.05) is 0 Å². The van der Waals surface area contributed by atoms with Crippen molar-refractivity contribution in [3.63, 3.8) is 0 Å². The van der Waals surface area contributed by atoms with Gasteiger partial charge in [0.05, 0.1) is 12.0 Å². The highest BCUT2D eigenvalue weighted by molar-refractivity contribution is 7.96. The third-order valence-corrected chi connectivity index (χ3v) is 1.21. The quantitative estimate of drug-likeness (QED) is 0.353. The largest absolute Gasteiger partial charge is 0.691 e. The third-order valence-electron chi connectivity index (χ3n) is 0.600. The van der Waals surface area contributed by atoms with Crippen molar-refractivity contribution >= 4 is 18.0 Å². The molecule has 0 rings (SSSR count). The molecule has 0 heterocycles. The molecule has 0 amide bonds. The molecule has 5 nitrogen and oxygen atoms in total. The Hall–Kier alpha value is -0.370. The fourth-order valence-corrected chi connectivity index (χ4v) is 0.340. The molecular formula is C3H4FO5S-. The van der Waals surface area contributed by atoms with Crippen molar-refractivity contribution in [3.05, 3.63) is 0 Å². The Morgan fingerprint density at radius 2 is 2.40 bits per heavy atom. The number of hydrogen-bond donors (Lipinski definition) is 1. The van der Waals surface area contributed by atoms with E-state index in [1.165, 1.54) is 0 Å². The molecule has 1 N–H and O–H groups in total. The van der Waals surface area contributed by atoms with Gasteiger partial charge in [0.1, 0.15) is 0 Å². The summed E-state index contributed by atoms with van der Waals surface area (Å²) in [4.78, 5) is 9.89. The number of carboxylic acid groups (broad SMARTS) is 1. The van der Waals surface area contributed by atoms with E-state index in [9.17, 15) is 9.18 Å². The molecule has 0 bridgehead atoms. The topological polar surface area (TPSA) is 78.8 Å². The third kappa shape index (κ3) is 2.97. The molecule has 1 atom stereocenters. The van der Waals surface area contributed by atoms with Gasteiger partial charge >= 0.3 is 5.97 Å². The Morgan fingerprint density at radius 1 is 1.90 bits per heavy atom. The number of carbonyl (C=O) groups is 1. The summed E-state index contributed by atoms with van der Waals surface area (Å²) in [6, 6.07) is 0. The average Bonchev–Trinajstić information content (AvgIpc) is 1.84. The maximum absolute atomic E-state index is 12.4. The van der Waals surface area contributed by atoms with Crippen LogP contribution < -0.4 is 5.26 Å². The van der Waals surface area contributed by atoms with Crippen molar-refractivity contribution in [1.29, 1.82) is 0 Å². The molecule has 0 aliphatic carbocycles. The van der Waals surface area contributed by atoms with Gasteiger partial charge in [0.25, 0.3) is 5.00 Å². The molecule has 60 valence electrons. The van der Waals surface area contributed by atoms with Crippen LogP contribution in [-0.2, 0) is 14.2 Å². The minimum Gasteiger partial charge on any atom is -0.691 e. The minimum absolute atomic E-state index is 0.214. The van der Waals surface area contributed by atoms with E-state index in [2.05, 4.69) is 9.37 Å². The van der Waals surface area contributed by atoms with E-state index in [4.69, 9.17) is 10.4 Å². The number of alkyl halides is 1. The Kier molecular flexibility index (Phi) is 3.58. The van der Waals surface area contributed by atoms with Gasteiger partial charge in [-0.15, -0.1) is 0 Å². The molecule has 7 heteroatoms. The summed E-state index contributed by atoms with van der Waals surface area (Å²) in [6.45, 7) is 0.721. The van der Waals surface area contributed by atoms with Crippen LogP contribution in [0.25, 0.3) is 0 Å². The maximum atomic E-state index is 12.4. The molecule has 0 aliphatic heterocycles. The summed E-state index contributed by atoms with van der Waals surface area (Å²) >= 11 is -0.214. The number of carboxylic acids is 1. The fraction of sp³-hybridized carbons (Fsp3) is 0.667. The van der Waals surface area contributed by atoms with Crippen LogP contribution in [0.3, 0.4) is 0 Å². The average molecular weight is 171 g/mol. The molecule has 0 saturated carbocycles. The molecule has 10 heavy (non-hydrogen) atoms. The molecule has 0 spiro atoms. The standard InChI is InChI=1S/C3H5FO5S/c1-3(4,2(5)6)10-9-8-7/h7H,1H3,(H,5,6)/p-1. The van der Waals surface area contributed by atoms with Crippen molar-refractivity contribution in [3.8, 4) is 0 Å². The van der Waals surface area contributed by atoms with E-state index in [0.29, 0.717) is 0 Å². The lowest BCUT2D eigenvalue weighted by Crippen LogP contribution is -2.26. The molecule has 0 aliphatic rings. The summed E-state index contributed by atoms with van der Waals surface area (Å²) in [5, 5.41) is 17.2. The van der Waals surface area contributed by atoms with Gasteiger partial charge in [0.15, 0.2) is 0 Å². The van der Waals surface area contributed by atoms with Crippen LogP contribution >= 0.6 is 12.0 Å². The van der Waals surface area contributed by atoms with Crippen LogP contribution in [0.2, 0.25) is 0 Å². The number of rotatable bonds is 4. The first-order valence-corrected chi connectivity index (χ1v) is 2.81. The zero-order chi connectivity index (χ0) is 8.20. The number of aliphatic carboxylic acids is 1. The highest BCUT2D eigenvalue weighted by atomic mass is 32.2. The molecule has 0 aromatic rings. The van der Waals surface area contributed by atoms with Gasteiger partial charge in [-0.05, 0) is 6.92 Å². The van der Waals surface area contributed by atoms with Crippen LogP contribution in [-0.4, -0.2) is 16.1 Å². The summed E-state index contributed by atoms with van der Waals surface area (Å²) in [5.74, 6) is -1.74. The first-order valence-electron chi connectivity index (χ1n) is 2.07. The smallest absolute Gasteiger partial charge is 0.354 e. The van der Waals surface area contributed by atoms with Gasteiger partial charge in [-0.25, -0.2) is 9.18 Å². The molecule has 0 saturated heterocycles. The van der Waals surface area contributed by atoms with E-state index in [0.717, 1.165) is 6.92 Å². The fourth-order valence-electron chi connectivity index (χ4n) is 0.113. The summed E-state index contributed by atoms with van der Waals surface area (Å²) in [6.07, 6.45) is 0. The Bertz CT molecular complexity index is 126. The van der Waals surface area contributed by atoms with Gasteiger partial charge in [0.2, 0.25) is 0 Å². The molecular weight excluding hydrogens is 167 g/mol. The second-order valence-corrected chi connectivity index (χ2v) is 2.51. The van der Waals surface area contributed by atoms with E-state index < -0.39 is 11.0 Å². The lowest BCUT2D eigenvalue weighted by Gasteiger charge is -2.12. The minimum atomic E-state index is -2.66. The Labute approximate surface area is 59.8 Å². The van der Waals surface area contributed by atoms with Crippen LogP contribution in [0.4, 0.5) is 4.39 Å². The number of halogens is 1. The zero-order valence-corrected chi connectivity index (χ0v) is 5.68. The molecule has 0 aromatic heterocycles. The van der Waals surface area contributed by atoms with Gasteiger partial charge in [-0.3, -0.25) is 5.04 Å². The van der Waals surface area contributed by atoms with Crippen LogP contribution in [0.15, 0.2) is 0 Å². The molecule has 0 aromatic carbocycles. The maximum Gasteiger partial charge on any atom is 0.354 e. The van der Waals surface area contributed by atoms with E-state index in [1.807, 2.05) is 0 Å². The summed E-state index contributed by atoms with van der Waals surface area (Å²) in [7, 11) is 0. The first kappa shape index (κ1) is 9.63. The molecule has 0 fully saturated rings. The number of hydrogen-bond acceptors (Lipinski definition) is 5. The molecule has 0 radical (unpaired) electrons. The highest BCUT2D eigenvalue weighted by Gasteiger charge is 2.35. The summed E-state index contributed by atoms with van der Waals surface area (Å²) < 4.78 is 15.9.